The molecule has 5 N–H and O–H groups in total. The van der Waals surface area contributed by atoms with Gasteiger partial charge in [0.05, 0.1) is 16.3 Å². The van der Waals surface area contributed by atoms with E-state index in [0.29, 0.717) is 6.07 Å². The van der Waals surface area contributed by atoms with E-state index in [0.717, 1.165) is 30.0 Å². The minimum atomic E-state index is -4.88. The van der Waals surface area contributed by atoms with Crippen molar-refractivity contribution in [2.24, 2.45) is 0 Å². The van der Waals surface area contributed by atoms with Crippen LogP contribution in [0.3, 0.4) is 0 Å². The maximum absolute atomic E-state index is 11.8. The molecule has 3 rings (SSSR count). The monoisotopic (exact) mass is 586 g/mol. The molecule has 14 nitrogen and oxygen atoms in total. The summed E-state index contributed by atoms with van der Waals surface area (Å²) in [6.45, 7) is 0. The number of benzene rings is 2. The van der Waals surface area contributed by atoms with Crippen LogP contribution in [-0.2, 0) is 30.4 Å². The quantitative estimate of drug-likeness (QED) is 0.137. The van der Waals surface area contributed by atoms with Crippen LogP contribution < -0.4 is 5.32 Å². The highest BCUT2D eigenvalue weighted by atomic mass is 35.5. The Bertz CT molecular complexity index is 1630. The minimum absolute atomic E-state index is 0.0311. The number of aromatic nitrogens is 3. The molecule has 0 saturated carbocycles. The van der Waals surface area contributed by atoms with E-state index in [4.69, 9.17) is 16.2 Å². The Morgan fingerprint density at radius 1 is 0.943 bits per heavy atom. The number of phenolic OH excluding ortho intramolecular Hbond substituents is 1. The molecular formula is C16H15ClN4O10S4. The maximum atomic E-state index is 11.8. The molecule has 0 spiro atoms. The molecule has 35 heavy (non-hydrogen) atoms. The lowest BCUT2D eigenvalue weighted by molar-refractivity contribution is 0.470. The van der Waals surface area contributed by atoms with E-state index >= 15 is 0 Å². The standard InChI is InChI=1S/C16H15ClN4O10S4/c17-14-19-15(21-16(20-14)32-4-1-5-33(23,24)25)18-10-2-3-12(35(29,30)31)9-6-8(34(26,27)28)7-11(22)13(9)10/h2-3,6-7,22H,1,4-5H2,(H,23,24,25)(H,26,27,28)(H,29,30,31)(H,18,19,20,21). The van der Waals surface area contributed by atoms with Crippen LogP contribution in [0, 0.1) is 0 Å². The van der Waals surface area contributed by atoms with E-state index in [1.165, 1.54) is 0 Å². The topological polar surface area (TPSA) is 234 Å². The first-order valence-electron chi connectivity index (χ1n) is 9.06. The van der Waals surface area contributed by atoms with Gasteiger partial charge in [-0.15, -0.1) is 0 Å². The number of thioether (sulfide) groups is 1. The van der Waals surface area contributed by atoms with Crippen molar-refractivity contribution in [1.82, 2.24) is 15.0 Å². The van der Waals surface area contributed by atoms with Gasteiger partial charge in [0.15, 0.2) is 5.16 Å². The molecule has 0 atom stereocenters. The molecule has 0 unspecified atom stereocenters. The predicted octanol–water partition coefficient (Wildman–Crippen LogP) is 1.99. The Labute approximate surface area is 208 Å². The van der Waals surface area contributed by atoms with Crippen molar-refractivity contribution in [1.29, 1.82) is 0 Å². The van der Waals surface area contributed by atoms with E-state index < -0.39 is 57.0 Å². The molecule has 0 saturated heterocycles. The van der Waals surface area contributed by atoms with Crippen LogP contribution >= 0.6 is 23.4 Å². The molecule has 19 heteroatoms. The van der Waals surface area contributed by atoms with Crippen molar-refractivity contribution in [2.75, 3.05) is 16.8 Å². The Morgan fingerprint density at radius 3 is 2.23 bits per heavy atom. The fraction of sp³-hybridized carbons (Fsp3) is 0.188. The second kappa shape index (κ2) is 9.97. The SMILES string of the molecule is O=S(=O)(O)CCCSc1nc(Cl)nc(Nc2ccc(S(=O)(=O)O)c3cc(S(=O)(=O)O)cc(O)c23)n1. The number of aromatic hydroxyl groups is 1. The molecule has 0 aliphatic rings. The number of rotatable bonds is 9. The third kappa shape index (κ3) is 7.10. The molecular weight excluding hydrogens is 572 g/mol. The summed E-state index contributed by atoms with van der Waals surface area (Å²) in [6.07, 6.45) is 0.0846. The number of fused-ring (bicyclic) bond motifs is 1. The summed E-state index contributed by atoms with van der Waals surface area (Å²) in [4.78, 5) is 10.2. The summed E-state index contributed by atoms with van der Waals surface area (Å²) in [5, 5.41) is 12.2. The van der Waals surface area contributed by atoms with Gasteiger partial charge in [-0.25, -0.2) is 0 Å². The van der Waals surface area contributed by atoms with E-state index in [9.17, 15) is 39.5 Å². The zero-order valence-corrected chi connectivity index (χ0v) is 21.0. The first-order chi connectivity index (χ1) is 16.0. The van der Waals surface area contributed by atoms with Gasteiger partial charge < -0.3 is 10.4 Å². The first-order valence-corrected chi connectivity index (χ1v) is 14.9. The molecule has 1 heterocycles. The Morgan fingerprint density at radius 2 is 1.63 bits per heavy atom. The van der Waals surface area contributed by atoms with Gasteiger partial charge >= 0.3 is 0 Å². The van der Waals surface area contributed by atoms with E-state index in [1.807, 2.05) is 0 Å². The zero-order valence-electron chi connectivity index (χ0n) is 17.0. The predicted molar refractivity (Wildman–Crippen MR) is 125 cm³/mol. The Balaban J connectivity index is 2.04. The molecule has 0 radical (unpaired) electrons. The van der Waals surface area contributed by atoms with Gasteiger partial charge in [0.1, 0.15) is 10.6 Å². The third-order valence-corrected chi connectivity index (χ3v) is 7.87. The van der Waals surface area contributed by atoms with Crippen LogP contribution in [0.2, 0.25) is 5.28 Å². The van der Waals surface area contributed by atoms with Crippen LogP contribution in [-0.4, -0.2) is 70.5 Å². The fourth-order valence-electron chi connectivity index (χ4n) is 2.87. The summed E-state index contributed by atoms with van der Waals surface area (Å²) < 4.78 is 95.9. The van der Waals surface area contributed by atoms with Crippen LogP contribution in [0.4, 0.5) is 11.6 Å². The molecule has 3 aromatic rings. The van der Waals surface area contributed by atoms with E-state index in [1.54, 1.807) is 0 Å². The van der Waals surface area contributed by atoms with Gasteiger partial charge in [-0.1, -0.05) is 11.8 Å². The number of hydrogen-bond acceptors (Lipinski definition) is 12. The summed E-state index contributed by atoms with van der Waals surface area (Å²) in [5.74, 6) is -1.21. The van der Waals surface area contributed by atoms with E-state index in [2.05, 4.69) is 20.3 Å². The highest BCUT2D eigenvalue weighted by Crippen LogP contribution is 2.39. The fourth-order valence-corrected chi connectivity index (χ4v) is 5.75. The maximum Gasteiger partial charge on any atom is 0.295 e. The van der Waals surface area contributed by atoms with Crippen molar-refractivity contribution in [2.45, 2.75) is 21.4 Å². The lowest BCUT2D eigenvalue weighted by Gasteiger charge is -2.14. The van der Waals surface area contributed by atoms with Gasteiger partial charge in [-0.2, -0.15) is 40.2 Å². The van der Waals surface area contributed by atoms with Crippen molar-refractivity contribution in [3.63, 3.8) is 0 Å². The average Bonchev–Trinajstić information content (AvgIpc) is 2.68. The zero-order chi connectivity index (χ0) is 26.2. The van der Waals surface area contributed by atoms with Crippen molar-refractivity contribution in [3.8, 4) is 5.75 Å². The molecule has 1 aromatic heterocycles. The summed E-state index contributed by atoms with van der Waals surface area (Å²) in [7, 11) is -13.9. The largest absolute Gasteiger partial charge is 0.507 e. The van der Waals surface area contributed by atoms with E-state index in [-0.39, 0.29) is 39.6 Å². The molecule has 0 aliphatic carbocycles. The molecule has 0 aliphatic heterocycles. The number of halogens is 1. The first kappa shape index (κ1) is 27.3. The second-order valence-electron chi connectivity index (χ2n) is 6.75. The molecule has 2 aromatic carbocycles. The van der Waals surface area contributed by atoms with Crippen molar-refractivity contribution in [3.05, 3.63) is 29.5 Å². The van der Waals surface area contributed by atoms with Crippen molar-refractivity contribution < 1.29 is 44.0 Å². The molecule has 0 bridgehead atoms. The summed E-state index contributed by atoms with van der Waals surface area (Å²) >= 11 is 6.90. The molecule has 0 fully saturated rings. The normalized spacial score (nSPS) is 12.7. The molecule has 0 amide bonds. The Kier molecular flexibility index (Phi) is 7.77. The minimum Gasteiger partial charge on any atom is -0.507 e. The van der Waals surface area contributed by atoms with Crippen LogP contribution in [0.15, 0.2) is 39.2 Å². The van der Waals surface area contributed by atoms with Gasteiger partial charge in [0.25, 0.3) is 30.4 Å². The number of anilines is 2. The van der Waals surface area contributed by atoms with Gasteiger partial charge in [-0.3, -0.25) is 13.7 Å². The van der Waals surface area contributed by atoms with Crippen LogP contribution in [0.5, 0.6) is 5.75 Å². The van der Waals surface area contributed by atoms with Crippen LogP contribution in [0.1, 0.15) is 6.42 Å². The molecule has 190 valence electrons. The summed E-state index contributed by atoms with van der Waals surface area (Å²) in [6, 6.07) is 3.47. The number of nitrogens with one attached hydrogen (secondary N) is 1. The smallest absolute Gasteiger partial charge is 0.295 e. The Hall–Kier alpha value is -2.32. The van der Waals surface area contributed by atoms with Crippen LogP contribution in [0.25, 0.3) is 10.8 Å². The van der Waals surface area contributed by atoms with Crippen molar-refractivity contribution >= 4 is 76.1 Å². The second-order valence-corrected chi connectivity index (χ2v) is 12.5. The highest BCUT2D eigenvalue weighted by Gasteiger charge is 2.22. The van der Waals surface area contributed by atoms with Gasteiger partial charge in [-0.05, 0) is 36.2 Å². The number of nitrogens with zero attached hydrogens (tertiary/aromatic N) is 3. The lowest BCUT2D eigenvalue weighted by Crippen LogP contribution is -2.06. The average molecular weight is 587 g/mol. The lowest BCUT2D eigenvalue weighted by atomic mass is 10.1. The highest BCUT2D eigenvalue weighted by molar-refractivity contribution is 7.99. The number of hydrogen-bond donors (Lipinski definition) is 5. The van der Waals surface area contributed by atoms with Gasteiger partial charge in [0, 0.05) is 22.6 Å². The number of phenols is 1. The summed E-state index contributed by atoms with van der Waals surface area (Å²) in [5.41, 5.74) is -0.0311. The third-order valence-electron chi connectivity index (χ3n) is 4.21. The van der Waals surface area contributed by atoms with Gasteiger partial charge in [0.2, 0.25) is 11.2 Å².